The Morgan fingerprint density at radius 2 is 2.00 bits per heavy atom. The Bertz CT molecular complexity index is 558. The topological polar surface area (TPSA) is 61.4 Å². The quantitative estimate of drug-likeness (QED) is 0.866. The molecule has 3 aliphatic rings. The van der Waals surface area contributed by atoms with E-state index in [0.717, 1.165) is 50.8 Å². The first kappa shape index (κ1) is 18.4. The number of halogens is 1. The van der Waals surface area contributed by atoms with Gasteiger partial charge in [0.15, 0.2) is 5.82 Å². The highest BCUT2D eigenvalue weighted by Crippen LogP contribution is 2.33. The molecule has 2 saturated heterocycles. The first-order valence-corrected chi connectivity index (χ1v) is 9.39. The van der Waals surface area contributed by atoms with E-state index >= 15 is 0 Å². The molecule has 4 rings (SSSR count). The Morgan fingerprint density at radius 1 is 1.12 bits per heavy atom. The highest BCUT2D eigenvalue weighted by molar-refractivity contribution is 5.85. The molecule has 0 aromatic carbocycles. The largest absolute Gasteiger partial charge is 0.353 e. The Labute approximate surface area is 155 Å². The number of nitrogens with zero attached hydrogens (tertiary/aromatic N) is 4. The molecule has 0 radical (unpaired) electrons. The second kappa shape index (κ2) is 8.32. The Balaban J connectivity index is 0.00000182. The zero-order chi connectivity index (χ0) is 16.4. The van der Waals surface area contributed by atoms with E-state index in [1.807, 2.05) is 12.1 Å². The van der Waals surface area contributed by atoms with Crippen LogP contribution in [0.3, 0.4) is 0 Å². The third-order valence-corrected chi connectivity index (χ3v) is 5.85. The van der Waals surface area contributed by atoms with Crippen LogP contribution in [-0.2, 0) is 4.79 Å². The highest BCUT2D eigenvalue weighted by Gasteiger charge is 2.39. The average molecular weight is 366 g/mol. The lowest BCUT2D eigenvalue weighted by atomic mass is 9.85. The molecule has 1 N–H and O–H groups in total. The molecule has 1 aliphatic carbocycles. The van der Waals surface area contributed by atoms with Crippen molar-refractivity contribution >= 4 is 24.1 Å². The summed E-state index contributed by atoms with van der Waals surface area (Å²) in [5.41, 5.74) is 0. The third-order valence-electron chi connectivity index (χ3n) is 5.85. The van der Waals surface area contributed by atoms with Gasteiger partial charge in [0.2, 0.25) is 5.91 Å². The molecular formula is C18H28ClN5O. The molecule has 3 fully saturated rings. The number of rotatable bonds is 2. The van der Waals surface area contributed by atoms with Crippen LogP contribution in [0.4, 0.5) is 5.82 Å². The van der Waals surface area contributed by atoms with Gasteiger partial charge in [0.1, 0.15) is 0 Å². The molecule has 0 spiro atoms. The Kier molecular flexibility index (Phi) is 6.12. The van der Waals surface area contributed by atoms with Gasteiger partial charge < -0.3 is 15.1 Å². The number of carbonyl (C=O) groups is 1. The molecular weight excluding hydrogens is 338 g/mol. The third kappa shape index (κ3) is 4.06. The van der Waals surface area contributed by atoms with Gasteiger partial charge in [0.25, 0.3) is 0 Å². The van der Waals surface area contributed by atoms with Crippen molar-refractivity contribution in [2.24, 2.45) is 5.92 Å². The van der Waals surface area contributed by atoms with Gasteiger partial charge in [0.05, 0.1) is 6.04 Å². The second-order valence-corrected chi connectivity index (χ2v) is 7.35. The molecule has 1 saturated carbocycles. The molecule has 1 amide bonds. The average Bonchev–Trinajstić information content (AvgIpc) is 2.91. The van der Waals surface area contributed by atoms with Crippen molar-refractivity contribution in [3.05, 3.63) is 18.3 Å². The fourth-order valence-electron chi connectivity index (χ4n) is 4.56. The summed E-state index contributed by atoms with van der Waals surface area (Å²) in [4.78, 5) is 17.3. The van der Waals surface area contributed by atoms with E-state index in [1.54, 1.807) is 6.20 Å². The number of carbonyl (C=O) groups excluding carboxylic acids is 1. The van der Waals surface area contributed by atoms with Crippen LogP contribution in [-0.4, -0.2) is 59.3 Å². The maximum atomic E-state index is 13.0. The number of nitrogens with one attached hydrogen (secondary N) is 1. The zero-order valence-electron chi connectivity index (χ0n) is 14.6. The van der Waals surface area contributed by atoms with Gasteiger partial charge in [-0.3, -0.25) is 4.79 Å². The number of fused-ring (bicyclic) bond motifs is 1. The second-order valence-electron chi connectivity index (χ2n) is 7.35. The molecule has 138 valence electrons. The van der Waals surface area contributed by atoms with E-state index < -0.39 is 0 Å². The monoisotopic (exact) mass is 365 g/mol. The van der Waals surface area contributed by atoms with E-state index in [2.05, 4.69) is 25.3 Å². The summed E-state index contributed by atoms with van der Waals surface area (Å²) in [7, 11) is 0. The smallest absolute Gasteiger partial charge is 0.239 e. The van der Waals surface area contributed by atoms with Gasteiger partial charge in [-0.15, -0.1) is 17.5 Å². The fourth-order valence-corrected chi connectivity index (χ4v) is 4.56. The van der Waals surface area contributed by atoms with Crippen molar-refractivity contribution in [2.75, 3.05) is 31.1 Å². The molecule has 7 heteroatoms. The zero-order valence-corrected chi connectivity index (χ0v) is 15.5. The summed E-state index contributed by atoms with van der Waals surface area (Å²) in [6, 6.07) is 4.53. The van der Waals surface area contributed by atoms with Gasteiger partial charge >= 0.3 is 0 Å². The van der Waals surface area contributed by atoms with Gasteiger partial charge in [-0.2, -0.15) is 5.10 Å². The standard InChI is InChI=1S/C18H27N5O.ClH/c24-18(16-13-14-5-1-2-6-15(14)20-16)23-10-4-9-22(11-12-23)17-7-3-8-19-21-17;/h3,7-8,14-16,20H,1-2,4-6,9-13H2;1H. The molecule has 2 aliphatic heterocycles. The van der Waals surface area contributed by atoms with Crippen molar-refractivity contribution < 1.29 is 4.79 Å². The first-order valence-electron chi connectivity index (χ1n) is 9.39. The van der Waals surface area contributed by atoms with Crippen molar-refractivity contribution in [2.45, 2.75) is 50.6 Å². The van der Waals surface area contributed by atoms with Crippen molar-refractivity contribution in [3.8, 4) is 0 Å². The Hall–Kier alpha value is -1.40. The SMILES string of the molecule is Cl.O=C(C1CC2CCCCC2N1)N1CCCN(c2cccnn2)CC1. The predicted molar refractivity (Wildman–Crippen MR) is 100.0 cm³/mol. The first-order chi connectivity index (χ1) is 11.8. The minimum Gasteiger partial charge on any atom is -0.353 e. The van der Waals surface area contributed by atoms with Gasteiger partial charge in [-0.05, 0) is 43.7 Å². The lowest BCUT2D eigenvalue weighted by molar-refractivity contribution is -0.133. The fraction of sp³-hybridized carbons (Fsp3) is 0.722. The predicted octanol–water partition coefficient (Wildman–Crippen LogP) is 1.86. The van der Waals surface area contributed by atoms with Crippen molar-refractivity contribution in [1.29, 1.82) is 0 Å². The van der Waals surface area contributed by atoms with Crippen molar-refractivity contribution in [3.63, 3.8) is 0 Å². The molecule has 1 aromatic heterocycles. The molecule has 0 bridgehead atoms. The normalized spacial score (nSPS) is 29.5. The van der Waals surface area contributed by atoms with Crippen LogP contribution in [0.2, 0.25) is 0 Å². The van der Waals surface area contributed by atoms with Crippen LogP contribution in [0.15, 0.2) is 18.3 Å². The lowest BCUT2D eigenvalue weighted by Crippen LogP contribution is -2.46. The Morgan fingerprint density at radius 3 is 2.80 bits per heavy atom. The summed E-state index contributed by atoms with van der Waals surface area (Å²) in [6.07, 6.45) is 8.90. The van der Waals surface area contributed by atoms with Crippen molar-refractivity contribution in [1.82, 2.24) is 20.4 Å². The maximum absolute atomic E-state index is 13.0. The summed E-state index contributed by atoms with van der Waals surface area (Å²) in [6.45, 7) is 3.40. The molecule has 3 heterocycles. The molecule has 1 aromatic rings. The van der Waals surface area contributed by atoms with Gasteiger partial charge in [-0.1, -0.05) is 12.8 Å². The number of hydrogen-bond donors (Lipinski definition) is 1. The molecule has 3 atom stereocenters. The molecule has 25 heavy (non-hydrogen) atoms. The van der Waals surface area contributed by atoms with Crippen LogP contribution in [0.1, 0.15) is 38.5 Å². The van der Waals surface area contributed by atoms with E-state index in [-0.39, 0.29) is 18.4 Å². The number of amides is 1. The number of anilines is 1. The minimum atomic E-state index is 0. The molecule has 6 nitrogen and oxygen atoms in total. The minimum absolute atomic E-state index is 0. The van der Waals surface area contributed by atoms with Crippen LogP contribution >= 0.6 is 12.4 Å². The van der Waals surface area contributed by atoms with E-state index in [1.165, 1.54) is 25.7 Å². The highest BCUT2D eigenvalue weighted by atomic mass is 35.5. The number of aromatic nitrogens is 2. The summed E-state index contributed by atoms with van der Waals surface area (Å²) in [5, 5.41) is 11.8. The molecule has 3 unspecified atom stereocenters. The van der Waals surface area contributed by atoms with E-state index in [9.17, 15) is 4.79 Å². The van der Waals surface area contributed by atoms with Gasteiger partial charge in [-0.25, -0.2) is 0 Å². The van der Waals surface area contributed by atoms with Crippen LogP contribution in [0, 0.1) is 5.92 Å². The maximum Gasteiger partial charge on any atom is 0.239 e. The number of hydrogen-bond acceptors (Lipinski definition) is 5. The summed E-state index contributed by atoms with van der Waals surface area (Å²) >= 11 is 0. The van der Waals surface area contributed by atoms with E-state index in [0.29, 0.717) is 11.9 Å². The lowest BCUT2D eigenvalue weighted by Gasteiger charge is -2.25. The van der Waals surface area contributed by atoms with Crippen LogP contribution < -0.4 is 10.2 Å². The summed E-state index contributed by atoms with van der Waals surface area (Å²) < 4.78 is 0. The summed E-state index contributed by atoms with van der Waals surface area (Å²) in [5.74, 6) is 1.94. The van der Waals surface area contributed by atoms with Crippen LogP contribution in [0.25, 0.3) is 0 Å². The van der Waals surface area contributed by atoms with Crippen LogP contribution in [0.5, 0.6) is 0 Å². The van der Waals surface area contributed by atoms with E-state index in [4.69, 9.17) is 0 Å². The van der Waals surface area contributed by atoms with Gasteiger partial charge in [0, 0.05) is 38.4 Å².